The van der Waals surface area contributed by atoms with Crippen LogP contribution in [0.25, 0.3) is 0 Å². The maximum absolute atomic E-state index is 11.9. The van der Waals surface area contributed by atoms with Crippen LogP contribution in [-0.4, -0.2) is 23.5 Å². The predicted molar refractivity (Wildman–Crippen MR) is 79.2 cm³/mol. The zero-order valence-corrected chi connectivity index (χ0v) is 12.2. The van der Waals surface area contributed by atoms with E-state index in [1.54, 1.807) is 12.1 Å². The van der Waals surface area contributed by atoms with E-state index in [0.29, 0.717) is 5.02 Å². The second-order valence-electron chi connectivity index (χ2n) is 4.14. The fourth-order valence-corrected chi connectivity index (χ4v) is 2.16. The minimum absolute atomic E-state index is 0.00694. The van der Waals surface area contributed by atoms with Crippen molar-refractivity contribution in [1.29, 1.82) is 0 Å². The molecule has 4 nitrogen and oxygen atoms in total. The number of Topliss-reactive ketones (excluding diaryl/α,β-unsaturated/α-hetero) is 1. The average Bonchev–Trinajstić information content (AvgIpc) is 2.45. The van der Waals surface area contributed by atoms with Crippen LogP contribution in [0.15, 0.2) is 42.5 Å². The molecule has 0 aliphatic carbocycles. The highest BCUT2D eigenvalue weighted by Crippen LogP contribution is 2.22. The minimum atomic E-state index is -0.786. The highest BCUT2D eigenvalue weighted by Gasteiger charge is 2.16. The summed E-state index contributed by atoms with van der Waals surface area (Å²) in [5.41, 5.74) is 0.207. The molecule has 0 atom stereocenters. The Kier molecular flexibility index (Phi) is 4.83. The third-order valence-electron chi connectivity index (χ3n) is 2.69. The van der Waals surface area contributed by atoms with Crippen molar-refractivity contribution in [2.24, 2.45) is 0 Å². The largest absolute Gasteiger partial charge is 0.507 e. The molecule has 6 heteroatoms. The van der Waals surface area contributed by atoms with Gasteiger partial charge in [0.15, 0.2) is 6.61 Å². The number of ketones is 1. The van der Waals surface area contributed by atoms with Gasteiger partial charge in [-0.1, -0.05) is 35.3 Å². The summed E-state index contributed by atoms with van der Waals surface area (Å²) in [7, 11) is 0. The van der Waals surface area contributed by atoms with Crippen LogP contribution in [0.1, 0.15) is 20.7 Å². The minimum Gasteiger partial charge on any atom is -0.507 e. The van der Waals surface area contributed by atoms with Crippen LogP contribution in [0.4, 0.5) is 0 Å². The fraction of sp³-hybridized carbons (Fsp3) is 0.0667. The summed E-state index contributed by atoms with van der Waals surface area (Å²) in [5, 5.41) is 10.1. The number of carbonyl (C=O) groups is 2. The first-order valence-corrected chi connectivity index (χ1v) is 6.68. The summed E-state index contributed by atoms with van der Waals surface area (Å²) in [4.78, 5) is 23.7. The Labute approximate surface area is 130 Å². The molecule has 2 rings (SSSR count). The second-order valence-corrected chi connectivity index (χ2v) is 4.98. The van der Waals surface area contributed by atoms with Crippen molar-refractivity contribution < 1.29 is 19.4 Å². The van der Waals surface area contributed by atoms with Gasteiger partial charge < -0.3 is 9.84 Å². The highest BCUT2D eigenvalue weighted by atomic mass is 35.5. The summed E-state index contributed by atoms with van der Waals surface area (Å²) in [5.74, 6) is -1.45. The van der Waals surface area contributed by atoms with Gasteiger partial charge in [-0.3, -0.25) is 4.79 Å². The Bertz CT molecular complexity index is 698. The molecule has 0 saturated carbocycles. The number of rotatable bonds is 4. The molecule has 0 fully saturated rings. The monoisotopic (exact) mass is 324 g/mol. The number of carbonyl (C=O) groups excluding carboxylic acids is 2. The summed E-state index contributed by atoms with van der Waals surface area (Å²) >= 11 is 11.6. The number of aromatic hydroxyl groups is 1. The summed E-state index contributed by atoms with van der Waals surface area (Å²) < 4.78 is 4.87. The molecule has 1 N–H and O–H groups in total. The smallest absolute Gasteiger partial charge is 0.342 e. The van der Waals surface area contributed by atoms with E-state index in [2.05, 4.69) is 0 Å². The Balaban J connectivity index is 2.04. The van der Waals surface area contributed by atoms with E-state index in [1.165, 1.54) is 30.3 Å². The Morgan fingerprint density at radius 2 is 1.76 bits per heavy atom. The standard InChI is InChI=1S/C15H10Cl2O4/c16-9-5-6-10(12(17)7-9)14(19)8-21-15(20)11-3-1-2-4-13(11)18/h1-7,18H,8H2. The zero-order valence-electron chi connectivity index (χ0n) is 10.7. The van der Waals surface area contributed by atoms with Crippen molar-refractivity contribution in [1.82, 2.24) is 0 Å². The Hall–Kier alpha value is -2.04. The molecule has 0 unspecified atom stereocenters. The molecule has 0 bridgehead atoms. The number of halogens is 2. The molecule has 0 spiro atoms. The number of hydrogen-bond acceptors (Lipinski definition) is 4. The zero-order chi connectivity index (χ0) is 15.4. The van der Waals surface area contributed by atoms with Crippen LogP contribution < -0.4 is 0 Å². The van der Waals surface area contributed by atoms with Crippen LogP contribution in [0, 0.1) is 0 Å². The predicted octanol–water partition coefficient (Wildman–Crippen LogP) is 3.74. The van der Waals surface area contributed by atoms with Gasteiger partial charge in [-0.25, -0.2) is 4.79 Å². The second kappa shape index (κ2) is 6.61. The molecular weight excluding hydrogens is 315 g/mol. The van der Waals surface area contributed by atoms with E-state index in [0.717, 1.165) is 0 Å². The van der Waals surface area contributed by atoms with Gasteiger partial charge in [0.1, 0.15) is 11.3 Å². The van der Waals surface area contributed by atoms with Gasteiger partial charge in [0.25, 0.3) is 0 Å². The number of ether oxygens (including phenoxy) is 1. The molecule has 0 radical (unpaired) electrons. The van der Waals surface area contributed by atoms with E-state index in [-0.39, 0.29) is 21.9 Å². The van der Waals surface area contributed by atoms with Crippen molar-refractivity contribution in [3.63, 3.8) is 0 Å². The van der Waals surface area contributed by atoms with Gasteiger partial charge in [0.05, 0.1) is 5.02 Å². The Morgan fingerprint density at radius 3 is 2.43 bits per heavy atom. The molecule has 2 aromatic carbocycles. The lowest BCUT2D eigenvalue weighted by molar-refractivity contribution is 0.0472. The third kappa shape index (κ3) is 3.74. The summed E-state index contributed by atoms with van der Waals surface area (Å²) in [6, 6.07) is 10.3. The average molecular weight is 325 g/mol. The molecule has 2 aromatic rings. The van der Waals surface area contributed by atoms with Crippen molar-refractivity contribution in [3.05, 3.63) is 63.6 Å². The molecular formula is C15H10Cl2O4. The lowest BCUT2D eigenvalue weighted by Gasteiger charge is -2.07. The van der Waals surface area contributed by atoms with Gasteiger partial charge in [-0.15, -0.1) is 0 Å². The SMILES string of the molecule is O=C(OCC(=O)c1ccc(Cl)cc1Cl)c1ccccc1O. The van der Waals surface area contributed by atoms with Gasteiger partial charge in [-0.05, 0) is 30.3 Å². The maximum atomic E-state index is 11.9. The number of phenols is 1. The molecule has 21 heavy (non-hydrogen) atoms. The first-order valence-electron chi connectivity index (χ1n) is 5.92. The van der Waals surface area contributed by atoms with Crippen LogP contribution in [0.3, 0.4) is 0 Å². The number of phenolic OH excluding ortho intramolecular Hbond substituents is 1. The van der Waals surface area contributed by atoms with E-state index in [1.807, 2.05) is 0 Å². The van der Waals surface area contributed by atoms with Gasteiger partial charge in [-0.2, -0.15) is 0 Å². The van der Waals surface area contributed by atoms with Gasteiger partial charge in [0, 0.05) is 10.6 Å². The lowest BCUT2D eigenvalue weighted by atomic mass is 10.1. The quantitative estimate of drug-likeness (QED) is 0.687. The molecule has 0 aliphatic rings. The number of hydrogen-bond donors (Lipinski definition) is 1. The summed E-state index contributed by atoms with van der Waals surface area (Å²) in [6.45, 7) is -0.478. The maximum Gasteiger partial charge on any atom is 0.342 e. The Morgan fingerprint density at radius 1 is 1.05 bits per heavy atom. The third-order valence-corrected chi connectivity index (χ3v) is 3.24. The van der Waals surface area contributed by atoms with E-state index < -0.39 is 18.4 Å². The van der Waals surface area contributed by atoms with Crippen molar-refractivity contribution in [2.45, 2.75) is 0 Å². The fourth-order valence-electron chi connectivity index (χ4n) is 1.65. The molecule has 0 aliphatic heterocycles. The van der Waals surface area contributed by atoms with E-state index >= 15 is 0 Å². The van der Waals surface area contributed by atoms with Gasteiger partial charge in [0.2, 0.25) is 5.78 Å². The first kappa shape index (κ1) is 15.4. The summed E-state index contributed by atoms with van der Waals surface area (Å²) in [6.07, 6.45) is 0. The topological polar surface area (TPSA) is 63.6 Å². The highest BCUT2D eigenvalue weighted by molar-refractivity contribution is 6.36. The molecule has 108 valence electrons. The number of esters is 1. The number of para-hydroxylation sites is 1. The van der Waals surface area contributed by atoms with Crippen LogP contribution >= 0.6 is 23.2 Å². The van der Waals surface area contributed by atoms with Gasteiger partial charge >= 0.3 is 5.97 Å². The normalized spacial score (nSPS) is 10.2. The van der Waals surface area contributed by atoms with E-state index in [4.69, 9.17) is 27.9 Å². The molecule has 0 amide bonds. The van der Waals surface area contributed by atoms with Crippen molar-refractivity contribution >= 4 is 35.0 Å². The van der Waals surface area contributed by atoms with Crippen molar-refractivity contribution in [3.8, 4) is 5.75 Å². The lowest BCUT2D eigenvalue weighted by Crippen LogP contribution is -2.14. The van der Waals surface area contributed by atoms with Crippen LogP contribution in [0.2, 0.25) is 10.0 Å². The molecule has 0 aromatic heterocycles. The number of benzene rings is 2. The van der Waals surface area contributed by atoms with Crippen molar-refractivity contribution in [2.75, 3.05) is 6.61 Å². The molecule has 0 saturated heterocycles. The van der Waals surface area contributed by atoms with Crippen LogP contribution in [0.5, 0.6) is 5.75 Å². The first-order chi connectivity index (χ1) is 9.99. The van der Waals surface area contributed by atoms with E-state index in [9.17, 15) is 14.7 Å². The van der Waals surface area contributed by atoms with Crippen LogP contribution in [-0.2, 0) is 4.74 Å². The molecule has 0 heterocycles.